The number of rotatable bonds is 7. The van der Waals surface area contributed by atoms with Gasteiger partial charge >= 0.3 is 0 Å². The van der Waals surface area contributed by atoms with Crippen molar-refractivity contribution in [3.05, 3.63) is 67.3 Å². The van der Waals surface area contributed by atoms with Gasteiger partial charge in [-0.2, -0.15) is 0 Å². The average molecular weight is 443 g/mol. The van der Waals surface area contributed by atoms with Crippen LogP contribution in [-0.4, -0.2) is 52.8 Å². The van der Waals surface area contributed by atoms with Gasteiger partial charge in [-0.1, -0.05) is 17.4 Å². The Balaban J connectivity index is 2.11. The van der Waals surface area contributed by atoms with Crippen LogP contribution in [0.5, 0.6) is 0 Å². The Morgan fingerprint density at radius 2 is 1.61 bits per heavy atom. The van der Waals surface area contributed by atoms with Crippen LogP contribution in [0.4, 0.5) is 16.5 Å². The molecular weight excluding hydrogens is 422 g/mol. The summed E-state index contributed by atoms with van der Waals surface area (Å²) in [6.45, 7) is 4.70. The molecule has 1 heterocycles. The standard InChI is InChI=1S/C20H21N5O5S/c1-12-7-13(2)18-17(8-12)21-20(31-18)23(6-5-22(3)4)19(26)14-9-15(24(27)28)11-16(10-14)25(29)30/h7-11H,5-6H2,1-4H3. The number of benzene rings is 2. The van der Waals surface area contributed by atoms with Gasteiger partial charge < -0.3 is 4.90 Å². The summed E-state index contributed by atoms with van der Waals surface area (Å²) in [5.41, 5.74) is 1.67. The van der Waals surface area contributed by atoms with Crippen molar-refractivity contribution in [3.8, 4) is 0 Å². The van der Waals surface area contributed by atoms with Crippen molar-refractivity contribution in [1.29, 1.82) is 0 Å². The van der Waals surface area contributed by atoms with Crippen molar-refractivity contribution < 1.29 is 14.6 Å². The number of thiazole rings is 1. The van der Waals surface area contributed by atoms with E-state index in [-0.39, 0.29) is 12.1 Å². The van der Waals surface area contributed by atoms with Crippen molar-refractivity contribution in [1.82, 2.24) is 9.88 Å². The molecule has 0 bridgehead atoms. The number of nitrogens with zero attached hydrogens (tertiary/aromatic N) is 5. The van der Waals surface area contributed by atoms with Crippen LogP contribution in [0.1, 0.15) is 21.5 Å². The van der Waals surface area contributed by atoms with E-state index >= 15 is 0 Å². The number of fused-ring (bicyclic) bond motifs is 1. The van der Waals surface area contributed by atoms with Gasteiger partial charge in [0.25, 0.3) is 17.3 Å². The Hall–Kier alpha value is -3.44. The molecular formula is C20H21N5O5S. The number of aryl methyl sites for hydroxylation is 2. The van der Waals surface area contributed by atoms with Gasteiger partial charge in [0.2, 0.25) is 0 Å². The second-order valence-electron chi connectivity index (χ2n) is 7.44. The normalized spacial score (nSPS) is 11.1. The largest absolute Gasteiger partial charge is 0.308 e. The quantitative estimate of drug-likeness (QED) is 0.400. The first-order chi connectivity index (χ1) is 14.6. The fourth-order valence-corrected chi connectivity index (χ4v) is 4.19. The predicted molar refractivity (Wildman–Crippen MR) is 119 cm³/mol. The first-order valence-electron chi connectivity index (χ1n) is 9.35. The van der Waals surface area contributed by atoms with Crippen molar-refractivity contribution >= 4 is 44.0 Å². The maximum atomic E-state index is 13.4. The molecule has 3 aromatic rings. The number of hydrogen-bond acceptors (Lipinski definition) is 8. The van der Waals surface area contributed by atoms with E-state index < -0.39 is 27.1 Å². The smallest absolute Gasteiger partial charge is 0.277 e. The highest BCUT2D eigenvalue weighted by Crippen LogP contribution is 2.33. The molecule has 1 amide bonds. The number of hydrogen-bond donors (Lipinski definition) is 0. The molecule has 0 aliphatic rings. The number of anilines is 1. The van der Waals surface area contributed by atoms with E-state index in [0.29, 0.717) is 11.7 Å². The molecule has 0 spiro atoms. The lowest BCUT2D eigenvalue weighted by atomic mass is 10.1. The van der Waals surface area contributed by atoms with Gasteiger partial charge in [0, 0.05) is 25.2 Å². The topological polar surface area (TPSA) is 123 Å². The van der Waals surface area contributed by atoms with Gasteiger partial charge in [-0.3, -0.25) is 29.9 Å². The minimum absolute atomic E-state index is 0.133. The third-order valence-corrected chi connectivity index (χ3v) is 5.86. The van der Waals surface area contributed by atoms with Gasteiger partial charge in [0.1, 0.15) is 0 Å². The molecule has 162 valence electrons. The zero-order chi connectivity index (χ0) is 22.9. The monoisotopic (exact) mass is 443 g/mol. The Bertz CT molecular complexity index is 1160. The lowest BCUT2D eigenvalue weighted by molar-refractivity contribution is -0.394. The molecule has 10 nitrogen and oxygen atoms in total. The molecule has 3 rings (SSSR count). The van der Waals surface area contributed by atoms with Crippen LogP contribution in [0.2, 0.25) is 0 Å². The highest BCUT2D eigenvalue weighted by Gasteiger charge is 2.26. The minimum Gasteiger partial charge on any atom is -0.308 e. The first-order valence-corrected chi connectivity index (χ1v) is 10.2. The Kier molecular flexibility index (Phi) is 6.27. The van der Waals surface area contributed by atoms with E-state index in [1.807, 2.05) is 45.0 Å². The summed E-state index contributed by atoms with van der Waals surface area (Å²) >= 11 is 1.34. The predicted octanol–water partition coefficient (Wildman–Crippen LogP) is 3.94. The maximum Gasteiger partial charge on any atom is 0.277 e. The number of nitro groups is 2. The van der Waals surface area contributed by atoms with Crippen LogP contribution < -0.4 is 4.90 Å². The Morgan fingerprint density at radius 1 is 1.00 bits per heavy atom. The van der Waals surface area contributed by atoms with Crippen molar-refractivity contribution in [2.75, 3.05) is 32.1 Å². The van der Waals surface area contributed by atoms with Gasteiger partial charge in [0.15, 0.2) is 5.13 Å². The summed E-state index contributed by atoms with van der Waals surface area (Å²) in [5, 5.41) is 22.9. The van der Waals surface area contributed by atoms with Crippen LogP contribution in [0.25, 0.3) is 10.2 Å². The van der Waals surface area contributed by atoms with E-state index in [9.17, 15) is 25.0 Å². The minimum atomic E-state index is -0.752. The summed E-state index contributed by atoms with van der Waals surface area (Å²) in [7, 11) is 3.71. The van der Waals surface area contributed by atoms with E-state index in [1.54, 1.807) is 0 Å². The van der Waals surface area contributed by atoms with Crippen molar-refractivity contribution in [2.45, 2.75) is 13.8 Å². The van der Waals surface area contributed by atoms with Crippen LogP contribution >= 0.6 is 11.3 Å². The van der Waals surface area contributed by atoms with Crippen LogP contribution in [-0.2, 0) is 0 Å². The van der Waals surface area contributed by atoms with Gasteiger partial charge in [-0.15, -0.1) is 0 Å². The molecule has 0 fully saturated rings. The summed E-state index contributed by atoms with van der Waals surface area (Å²) in [6.07, 6.45) is 0. The van der Waals surface area contributed by atoms with Crippen LogP contribution in [0, 0.1) is 34.1 Å². The number of amides is 1. The van der Waals surface area contributed by atoms with E-state index in [0.717, 1.165) is 39.5 Å². The molecule has 0 saturated carbocycles. The summed E-state index contributed by atoms with van der Waals surface area (Å²) in [5.74, 6) is -0.581. The van der Waals surface area contributed by atoms with Gasteiger partial charge in [-0.05, 0) is 45.1 Å². The lowest BCUT2D eigenvalue weighted by Crippen LogP contribution is -2.36. The zero-order valence-corrected chi connectivity index (χ0v) is 18.3. The molecule has 1 aromatic heterocycles. The highest BCUT2D eigenvalue weighted by molar-refractivity contribution is 7.22. The average Bonchev–Trinajstić information content (AvgIpc) is 3.11. The second kappa shape index (κ2) is 8.74. The molecule has 0 atom stereocenters. The summed E-state index contributed by atoms with van der Waals surface area (Å²) in [4.78, 5) is 42.2. The fraction of sp³-hybridized carbons (Fsp3) is 0.300. The van der Waals surface area contributed by atoms with Gasteiger partial charge in [-0.25, -0.2) is 4.98 Å². The Morgan fingerprint density at radius 3 is 2.16 bits per heavy atom. The first kappa shape index (κ1) is 22.2. The molecule has 0 radical (unpaired) electrons. The number of carbonyl (C=O) groups excluding carboxylic acids is 1. The van der Waals surface area contributed by atoms with Crippen molar-refractivity contribution in [3.63, 3.8) is 0 Å². The van der Waals surface area contributed by atoms with Crippen LogP contribution in [0.3, 0.4) is 0 Å². The molecule has 2 aromatic carbocycles. The van der Waals surface area contributed by atoms with Crippen LogP contribution in [0.15, 0.2) is 30.3 Å². The Labute approximate surface area is 182 Å². The van der Waals surface area contributed by atoms with Crippen molar-refractivity contribution in [2.24, 2.45) is 0 Å². The van der Waals surface area contributed by atoms with Gasteiger partial charge in [0.05, 0.1) is 31.7 Å². The second-order valence-corrected chi connectivity index (χ2v) is 8.42. The molecule has 0 saturated heterocycles. The third-order valence-electron chi connectivity index (χ3n) is 4.63. The third kappa shape index (κ3) is 4.84. The molecule has 0 aliphatic carbocycles. The SMILES string of the molecule is Cc1cc(C)c2sc(N(CCN(C)C)C(=O)c3cc([N+](=O)[O-])cc([N+](=O)[O-])c3)nc2c1. The van der Waals surface area contributed by atoms with E-state index in [4.69, 9.17) is 0 Å². The molecule has 0 N–H and O–H groups in total. The fourth-order valence-electron chi connectivity index (χ4n) is 3.15. The molecule has 31 heavy (non-hydrogen) atoms. The zero-order valence-electron chi connectivity index (χ0n) is 17.5. The lowest BCUT2D eigenvalue weighted by Gasteiger charge is -2.22. The molecule has 0 unspecified atom stereocenters. The molecule has 0 aliphatic heterocycles. The molecule has 11 heteroatoms. The number of non-ortho nitro benzene ring substituents is 2. The summed E-state index contributed by atoms with van der Waals surface area (Å²) in [6, 6.07) is 6.90. The van der Waals surface area contributed by atoms with E-state index in [2.05, 4.69) is 4.98 Å². The summed E-state index contributed by atoms with van der Waals surface area (Å²) < 4.78 is 0.938. The highest BCUT2D eigenvalue weighted by atomic mass is 32.1. The van der Waals surface area contributed by atoms with E-state index in [1.165, 1.54) is 16.2 Å². The maximum absolute atomic E-state index is 13.4. The number of carbonyl (C=O) groups is 1. The number of likely N-dealkylation sites (N-methyl/N-ethyl adjacent to an activating group) is 1. The number of nitro benzene ring substituents is 2. The number of aromatic nitrogens is 1.